The van der Waals surface area contributed by atoms with E-state index in [1.165, 1.54) is 0 Å². The predicted octanol–water partition coefficient (Wildman–Crippen LogP) is 4.13. The van der Waals surface area contributed by atoms with Gasteiger partial charge in [-0.1, -0.05) is 66.7 Å². The molecule has 3 aromatic rings. The highest BCUT2D eigenvalue weighted by Gasteiger charge is 2.39. The summed E-state index contributed by atoms with van der Waals surface area (Å²) in [5.74, 6) is -0.723. The van der Waals surface area contributed by atoms with Crippen LogP contribution in [0.1, 0.15) is 27.6 Å². The Hall–Kier alpha value is -3.40. The number of rotatable bonds is 4. The number of amides is 1. The van der Waals surface area contributed by atoms with Crippen LogP contribution in [0.25, 0.3) is 0 Å². The first-order chi connectivity index (χ1) is 12.7. The average molecular weight is 343 g/mol. The Morgan fingerprint density at radius 2 is 1.46 bits per heavy atom. The minimum absolute atomic E-state index is 0.223. The Labute approximate surface area is 151 Å². The lowest BCUT2D eigenvalue weighted by Gasteiger charge is -2.18. The topological polar surface area (TPSA) is 46.6 Å². The number of ether oxygens (including phenoxy) is 1. The van der Waals surface area contributed by atoms with Crippen molar-refractivity contribution < 1.29 is 14.3 Å². The van der Waals surface area contributed by atoms with Crippen LogP contribution in [0.3, 0.4) is 0 Å². The summed E-state index contributed by atoms with van der Waals surface area (Å²) in [6.07, 6.45) is -0.914. The summed E-state index contributed by atoms with van der Waals surface area (Å²) >= 11 is 0. The van der Waals surface area contributed by atoms with E-state index in [2.05, 4.69) is 0 Å². The second-order valence-corrected chi connectivity index (χ2v) is 6.12. The number of esters is 1. The smallest absolute Gasteiger partial charge is 0.339 e. The molecule has 128 valence electrons. The van der Waals surface area contributed by atoms with Crippen molar-refractivity contribution in [3.05, 3.63) is 102 Å². The fraction of sp³-hybridized carbons (Fsp3) is 0.0909. The maximum Gasteiger partial charge on any atom is 0.339 e. The molecule has 0 saturated heterocycles. The van der Waals surface area contributed by atoms with Crippen LogP contribution >= 0.6 is 0 Å². The normalized spacial score (nSPS) is 15.6. The molecule has 1 aliphatic rings. The van der Waals surface area contributed by atoms with Gasteiger partial charge in [0.15, 0.2) is 0 Å². The van der Waals surface area contributed by atoms with Crippen LogP contribution < -0.4 is 4.90 Å². The zero-order chi connectivity index (χ0) is 17.9. The molecule has 0 radical (unpaired) electrons. The second-order valence-electron chi connectivity index (χ2n) is 6.12. The van der Waals surface area contributed by atoms with Crippen molar-refractivity contribution in [3.63, 3.8) is 0 Å². The number of fused-ring (bicyclic) bond motifs is 1. The van der Waals surface area contributed by atoms with Crippen molar-refractivity contribution in [2.45, 2.75) is 12.6 Å². The van der Waals surface area contributed by atoms with Gasteiger partial charge in [0.2, 0.25) is 6.10 Å². The summed E-state index contributed by atoms with van der Waals surface area (Å²) in [5.41, 5.74) is 2.95. The number of hydrogen-bond acceptors (Lipinski definition) is 3. The Balaban J connectivity index is 1.62. The molecule has 1 heterocycles. The standard InChI is InChI=1S/C22H17NO3/c24-21-20(26-22(25)17-11-5-2-6-12-17)18-13-7-8-14-19(18)23(21)15-16-9-3-1-4-10-16/h1-14,20H,15H2. The van der Waals surface area contributed by atoms with E-state index in [4.69, 9.17) is 4.74 Å². The van der Waals surface area contributed by atoms with Crippen LogP contribution in [0.15, 0.2) is 84.9 Å². The molecule has 1 amide bonds. The number of para-hydroxylation sites is 1. The molecule has 1 atom stereocenters. The lowest BCUT2D eigenvalue weighted by Crippen LogP contribution is -2.30. The Morgan fingerprint density at radius 3 is 2.19 bits per heavy atom. The van der Waals surface area contributed by atoms with Gasteiger partial charge in [-0.3, -0.25) is 4.79 Å². The number of anilines is 1. The van der Waals surface area contributed by atoms with E-state index in [9.17, 15) is 9.59 Å². The van der Waals surface area contributed by atoms with Gasteiger partial charge in [-0.05, 0) is 23.8 Å². The Bertz CT molecular complexity index is 938. The van der Waals surface area contributed by atoms with E-state index in [0.717, 1.165) is 16.8 Å². The molecule has 0 aliphatic carbocycles. The molecular formula is C22H17NO3. The number of benzene rings is 3. The number of hydrogen-bond donors (Lipinski definition) is 0. The van der Waals surface area contributed by atoms with E-state index in [-0.39, 0.29) is 5.91 Å². The SMILES string of the molecule is O=C(OC1C(=O)N(Cc2ccccc2)c2ccccc21)c1ccccc1. The van der Waals surface area contributed by atoms with Crippen molar-refractivity contribution >= 4 is 17.6 Å². The monoisotopic (exact) mass is 343 g/mol. The number of carbonyl (C=O) groups excluding carboxylic acids is 2. The maximum atomic E-state index is 13.0. The van der Waals surface area contributed by atoms with Crippen LogP contribution in [-0.4, -0.2) is 11.9 Å². The van der Waals surface area contributed by atoms with E-state index < -0.39 is 12.1 Å². The Kier molecular flexibility index (Phi) is 4.23. The molecule has 0 saturated carbocycles. The van der Waals surface area contributed by atoms with Crippen LogP contribution in [-0.2, 0) is 16.1 Å². The van der Waals surface area contributed by atoms with Crippen molar-refractivity contribution in [1.29, 1.82) is 0 Å². The Morgan fingerprint density at radius 1 is 0.846 bits per heavy atom. The molecule has 0 N–H and O–H groups in total. The van der Waals surface area contributed by atoms with Gasteiger partial charge in [0, 0.05) is 5.56 Å². The van der Waals surface area contributed by atoms with Crippen LogP contribution in [0.4, 0.5) is 5.69 Å². The van der Waals surface area contributed by atoms with Gasteiger partial charge in [-0.25, -0.2) is 4.79 Å². The van der Waals surface area contributed by atoms with Crippen molar-refractivity contribution in [1.82, 2.24) is 0 Å². The minimum atomic E-state index is -0.914. The van der Waals surface area contributed by atoms with Gasteiger partial charge in [-0.15, -0.1) is 0 Å². The molecule has 0 bridgehead atoms. The highest BCUT2D eigenvalue weighted by molar-refractivity contribution is 6.05. The molecule has 4 nitrogen and oxygen atoms in total. The molecule has 4 heteroatoms. The van der Waals surface area contributed by atoms with E-state index >= 15 is 0 Å². The fourth-order valence-electron chi connectivity index (χ4n) is 3.14. The summed E-state index contributed by atoms with van der Waals surface area (Å²) in [6, 6.07) is 25.9. The molecule has 0 aromatic heterocycles. The minimum Gasteiger partial charge on any atom is -0.444 e. The van der Waals surface area contributed by atoms with Gasteiger partial charge in [0.25, 0.3) is 5.91 Å². The van der Waals surface area contributed by atoms with Crippen LogP contribution in [0.2, 0.25) is 0 Å². The highest BCUT2D eigenvalue weighted by atomic mass is 16.5. The molecule has 0 fully saturated rings. The third-order valence-electron chi connectivity index (χ3n) is 4.42. The van der Waals surface area contributed by atoms with Gasteiger partial charge in [-0.2, -0.15) is 0 Å². The van der Waals surface area contributed by atoms with Gasteiger partial charge >= 0.3 is 5.97 Å². The molecule has 1 aliphatic heterocycles. The largest absolute Gasteiger partial charge is 0.444 e. The zero-order valence-corrected chi connectivity index (χ0v) is 14.0. The lowest BCUT2D eigenvalue weighted by molar-refractivity contribution is -0.126. The highest BCUT2D eigenvalue weighted by Crippen LogP contribution is 2.39. The van der Waals surface area contributed by atoms with E-state index in [0.29, 0.717) is 12.1 Å². The quantitative estimate of drug-likeness (QED) is 0.669. The first-order valence-corrected chi connectivity index (χ1v) is 8.44. The number of carbonyl (C=O) groups is 2. The third kappa shape index (κ3) is 2.97. The molecule has 3 aromatic carbocycles. The third-order valence-corrected chi connectivity index (χ3v) is 4.42. The summed E-state index contributed by atoms with van der Waals surface area (Å²) in [7, 11) is 0. The second kappa shape index (κ2) is 6.84. The first kappa shape index (κ1) is 16.1. The molecule has 1 unspecified atom stereocenters. The first-order valence-electron chi connectivity index (χ1n) is 8.44. The maximum absolute atomic E-state index is 13.0. The van der Waals surface area contributed by atoms with Gasteiger partial charge in [0.05, 0.1) is 17.8 Å². The molecule has 0 spiro atoms. The van der Waals surface area contributed by atoms with Crippen LogP contribution in [0.5, 0.6) is 0 Å². The molecule has 4 rings (SSSR count). The summed E-state index contributed by atoms with van der Waals surface area (Å²) in [5, 5.41) is 0. The summed E-state index contributed by atoms with van der Waals surface area (Å²) in [6.45, 7) is 0.441. The van der Waals surface area contributed by atoms with Gasteiger partial charge < -0.3 is 9.64 Å². The van der Waals surface area contributed by atoms with Gasteiger partial charge in [0.1, 0.15) is 0 Å². The zero-order valence-electron chi connectivity index (χ0n) is 14.0. The number of nitrogens with zero attached hydrogens (tertiary/aromatic N) is 1. The van der Waals surface area contributed by atoms with Crippen molar-refractivity contribution in [2.75, 3.05) is 4.90 Å². The van der Waals surface area contributed by atoms with Crippen molar-refractivity contribution in [3.8, 4) is 0 Å². The predicted molar refractivity (Wildman–Crippen MR) is 98.7 cm³/mol. The lowest BCUT2D eigenvalue weighted by atomic mass is 10.1. The fourth-order valence-corrected chi connectivity index (χ4v) is 3.14. The summed E-state index contributed by atoms with van der Waals surface area (Å²) < 4.78 is 5.57. The average Bonchev–Trinajstić information content (AvgIpc) is 2.95. The van der Waals surface area contributed by atoms with E-state index in [1.54, 1.807) is 29.2 Å². The summed E-state index contributed by atoms with van der Waals surface area (Å²) in [4.78, 5) is 27.1. The van der Waals surface area contributed by atoms with E-state index in [1.807, 2.05) is 60.7 Å². The molecular weight excluding hydrogens is 326 g/mol. The van der Waals surface area contributed by atoms with Crippen LogP contribution in [0, 0.1) is 0 Å². The van der Waals surface area contributed by atoms with Crippen molar-refractivity contribution in [2.24, 2.45) is 0 Å². The molecule has 26 heavy (non-hydrogen) atoms.